The number of imidazole rings is 1. The molecule has 1 saturated heterocycles. The van der Waals surface area contributed by atoms with Gasteiger partial charge in [-0.1, -0.05) is 0 Å². The molecule has 7 heteroatoms. The molecule has 0 aromatic carbocycles. The molecule has 7 nitrogen and oxygen atoms in total. The highest BCUT2D eigenvalue weighted by molar-refractivity contribution is 5.76. The van der Waals surface area contributed by atoms with E-state index < -0.39 is 0 Å². The topological polar surface area (TPSA) is 84.0 Å². The maximum absolute atomic E-state index is 12.1. The molecule has 0 unspecified atom stereocenters. The zero-order valence-electron chi connectivity index (χ0n) is 13.2. The van der Waals surface area contributed by atoms with E-state index in [2.05, 4.69) is 19.9 Å². The van der Waals surface area contributed by atoms with E-state index >= 15 is 0 Å². The van der Waals surface area contributed by atoms with Gasteiger partial charge in [-0.3, -0.25) is 9.78 Å². The van der Waals surface area contributed by atoms with Crippen LogP contribution in [0.3, 0.4) is 0 Å². The van der Waals surface area contributed by atoms with Gasteiger partial charge in [-0.25, -0.2) is 9.97 Å². The van der Waals surface area contributed by atoms with Crippen molar-refractivity contribution in [3.63, 3.8) is 0 Å². The highest BCUT2D eigenvalue weighted by atomic mass is 16.5. The number of methoxy groups -OCH3 is 1. The lowest BCUT2D eigenvalue weighted by Gasteiger charge is -2.32. The van der Waals surface area contributed by atoms with Gasteiger partial charge in [-0.15, -0.1) is 0 Å². The molecule has 0 radical (unpaired) electrons. The van der Waals surface area contributed by atoms with Crippen LogP contribution < -0.4 is 0 Å². The Morgan fingerprint density at radius 3 is 2.74 bits per heavy atom. The third-order valence-corrected chi connectivity index (χ3v) is 4.20. The van der Waals surface area contributed by atoms with E-state index in [1.807, 2.05) is 4.90 Å². The number of nitrogens with zero attached hydrogens (tertiary/aromatic N) is 4. The fraction of sp³-hybridized carbons (Fsp3) is 0.500. The standard InChI is InChI=1S/C16H21N5O2/c1-23-11-4-13(22)21-9-2-12(3-10-21)14-15(18-6-5-17-14)16-19-7-8-20-16/h5-8,12H,2-4,9-11H2,1H3,(H,19,20). The van der Waals surface area contributed by atoms with E-state index in [1.54, 1.807) is 31.9 Å². The van der Waals surface area contributed by atoms with Gasteiger partial charge in [0, 0.05) is 50.9 Å². The Morgan fingerprint density at radius 2 is 2.04 bits per heavy atom. The van der Waals surface area contributed by atoms with Crippen LogP contribution in [0.15, 0.2) is 24.8 Å². The summed E-state index contributed by atoms with van der Waals surface area (Å²) in [5, 5.41) is 0. The number of carbonyl (C=O) groups excluding carboxylic acids is 1. The smallest absolute Gasteiger partial charge is 0.224 e. The van der Waals surface area contributed by atoms with E-state index in [0.29, 0.717) is 18.9 Å². The van der Waals surface area contributed by atoms with Crippen LogP contribution in [0, 0.1) is 0 Å². The number of aromatic amines is 1. The SMILES string of the molecule is COCCC(=O)N1CCC(c2nccnc2-c2ncc[nH]2)CC1. The third-order valence-electron chi connectivity index (χ3n) is 4.20. The van der Waals surface area contributed by atoms with Gasteiger partial charge in [0.15, 0.2) is 5.82 Å². The summed E-state index contributed by atoms with van der Waals surface area (Å²) < 4.78 is 4.97. The lowest BCUT2D eigenvalue weighted by atomic mass is 9.91. The molecule has 2 aromatic heterocycles. The van der Waals surface area contributed by atoms with Crippen molar-refractivity contribution in [2.24, 2.45) is 0 Å². The molecule has 0 aliphatic carbocycles. The maximum Gasteiger partial charge on any atom is 0.224 e. The molecule has 1 amide bonds. The number of hydrogen-bond donors (Lipinski definition) is 1. The Balaban J connectivity index is 1.68. The highest BCUT2D eigenvalue weighted by Crippen LogP contribution is 2.31. The number of H-pyrrole nitrogens is 1. The minimum atomic E-state index is 0.163. The van der Waals surface area contributed by atoms with Gasteiger partial charge in [-0.05, 0) is 12.8 Å². The van der Waals surface area contributed by atoms with Crippen LogP contribution in [0.1, 0.15) is 30.9 Å². The van der Waals surface area contributed by atoms with Crippen molar-refractivity contribution >= 4 is 5.91 Å². The van der Waals surface area contributed by atoms with Crippen molar-refractivity contribution in [2.45, 2.75) is 25.2 Å². The second-order valence-corrected chi connectivity index (χ2v) is 5.63. The van der Waals surface area contributed by atoms with Gasteiger partial charge in [0.25, 0.3) is 0 Å². The predicted molar refractivity (Wildman–Crippen MR) is 84.7 cm³/mol. The minimum absolute atomic E-state index is 0.163. The van der Waals surface area contributed by atoms with Crippen molar-refractivity contribution < 1.29 is 9.53 Å². The number of carbonyl (C=O) groups is 1. The summed E-state index contributed by atoms with van der Waals surface area (Å²) in [6, 6.07) is 0. The summed E-state index contributed by atoms with van der Waals surface area (Å²) in [5.74, 6) is 1.21. The second kappa shape index (κ2) is 7.32. The van der Waals surface area contributed by atoms with Crippen molar-refractivity contribution in [3.8, 4) is 11.5 Å². The van der Waals surface area contributed by atoms with Gasteiger partial charge in [0.1, 0.15) is 5.69 Å². The predicted octanol–water partition coefficient (Wildman–Crippen LogP) is 1.61. The van der Waals surface area contributed by atoms with E-state index in [-0.39, 0.29) is 5.91 Å². The van der Waals surface area contributed by atoms with Crippen LogP contribution >= 0.6 is 0 Å². The minimum Gasteiger partial charge on any atom is -0.384 e. The van der Waals surface area contributed by atoms with Gasteiger partial charge in [0.05, 0.1) is 18.7 Å². The average Bonchev–Trinajstić information content (AvgIpc) is 3.14. The molecule has 0 saturated carbocycles. The molecule has 0 atom stereocenters. The van der Waals surface area contributed by atoms with Gasteiger partial charge >= 0.3 is 0 Å². The molecule has 3 rings (SSSR count). The molecule has 23 heavy (non-hydrogen) atoms. The number of rotatable bonds is 5. The Kier molecular flexibility index (Phi) is 4.97. The lowest BCUT2D eigenvalue weighted by Crippen LogP contribution is -2.38. The first kappa shape index (κ1) is 15.6. The monoisotopic (exact) mass is 315 g/mol. The average molecular weight is 315 g/mol. The van der Waals surface area contributed by atoms with Crippen LogP contribution in [-0.4, -0.2) is 57.5 Å². The van der Waals surface area contributed by atoms with Gasteiger partial charge in [-0.2, -0.15) is 0 Å². The molecule has 1 N–H and O–H groups in total. The molecule has 0 spiro atoms. The summed E-state index contributed by atoms with van der Waals surface area (Å²) in [6.45, 7) is 1.98. The molecule has 0 bridgehead atoms. The molecule has 1 aliphatic rings. The van der Waals surface area contributed by atoms with E-state index in [4.69, 9.17) is 4.74 Å². The highest BCUT2D eigenvalue weighted by Gasteiger charge is 2.27. The number of nitrogens with one attached hydrogen (secondary N) is 1. The van der Waals surface area contributed by atoms with Crippen molar-refractivity contribution in [1.82, 2.24) is 24.8 Å². The first-order valence-electron chi connectivity index (χ1n) is 7.87. The first-order chi connectivity index (χ1) is 11.3. The number of aromatic nitrogens is 4. The van der Waals surface area contributed by atoms with Gasteiger partial charge < -0.3 is 14.6 Å². The largest absolute Gasteiger partial charge is 0.384 e. The molecule has 1 aliphatic heterocycles. The molecule has 1 fully saturated rings. The van der Waals surface area contributed by atoms with Crippen LogP contribution in [0.2, 0.25) is 0 Å². The molecular weight excluding hydrogens is 294 g/mol. The summed E-state index contributed by atoms with van der Waals surface area (Å²) >= 11 is 0. The van der Waals surface area contributed by atoms with E-state index in [1.165, 1.54) is 0 Å². The van der Waals surface area contributed by atoms with Crippen molar-refractivity contribution in [1.29, 1.82) is 0 Å². The summed E-state index contributed by atoms with van der Waals surface area (Å²) in [4.78, 5) is 30.3. The van der Waals surface area contributed by atoms with Crippen LogP contribution in [0.4, 0.5) is 0 Å². The normalized spacial score (nSPS) is 15.8. The Labute approximate surface area is 135 Å². The van der Waals surface area contributed by atoms with Crippen LogP contribution in [0.25, 0.3) is 11.5 Å². The number of amides is 1. The molecule has 3 heterocycles. The first-order valence-corrected chi connectivity index (χ1v) is 7.87. The number of likely N-dealkylation sites (tertiary alicyclic amines) is 1. The Bertz CT molecular complexity index is 636. The zero-order chi connectivity index (χ0) is 16.1. The molecule has 122 valence electrons. The second-order valence-electron chi connectivity index (χ2n) is 5.63. The van der Waals surface area contributed by atoms with Crippen LogP contribution in [0.5, 0.6) is 0 Å². The van der Waals surface area contributed by atoms with E-state index in [0.717, 1.165) is 43.1 Å². The number of piperidine rings is 1. The fourth-order valence-electron chi connectivity index (χ4n) is 2.97. The summed E-state index contributed by atoms with van der Waals surface area (Å²) in [5.41, 5.74) is 1.77. The van der Waals surface area contributed by atoms with Crippen molar-refractivity contribution in [2.75, 3.05) is 26.8 Å². The summed E-state index contributed by atoms with van der Waals surface area (Å²) in [6.07, 6.45) is 9.14. The quantitative estimate of drug-likeness (QED) is 0.906. The van der Waals surface area contributed by atoms with Crippen LogP contribution in [-0.2, 0) is 9.53 Å². The van der Waals surface area contributed by atoms with E-state index in [9.17, 15) is 4.79 Å². The molecular formula is C16H21N5O2. The number of ether oxygens (including phenoxy) is 1. The Morgan fingerprint density at radius 1 is 1.26 bits per heavy atom. The number of hydrogen-bond acceptors (Lipinski definition) is 5. The zero-order valence-corrected chi connectivity index (χ0v) is 13.2. The third kappa shape index (κ3) is 3.56. The van der Waals surface area contributed by atoms with Gasteiger partial charge in [0.2, 0.25) is 5.91 Å². The van der Waals surface area contributed by atoms with Crippen molar-refractivity contribution in [3.05, 3.63) is 30.5 Å². The summed E-state index contributed by atoms with van der Waals surface area (Å²) in [7, 11) is 1.61. The lowest BCUT2D eigenvalue weighted by molar-refractivity contribution is -0.133. The molecule has 2 aromatic rings. The Hall–Kier alpha value is -2.28. The fourth-order valence-corrected chi connectivity index (χ4v) is 2.97. The maximum atomic E-state index is 12.1.